The molecule has 2 aromatic rings. The van der Waals surface area contributed by atoms with Gasteiger partial charge in [-0.25, -0.2) is 0 Å². The van der Waals surface area contributed by atoms with Crippen molar-refractivity contribution in [3.05, 3.63) is 45.9 Å². The van der Waals surface area contributed by atoms with Crippen molar-refractivity contribution >= 4 is 22.9 Å². The average molecular weight is 271 g/mol. The van der Waals surface area contributed by atoms with E-state index in [1.54, 1.807) is 24.5 Å². The zero-order valence-corrected chi connectivity index (χ0v) is 11.3. The summed E-state index contributed by atoms with van der Waals surface area (Å²) < 4.78 is 0. The van der Waals surface area contributed by atoms with E-state index in [-0.39, 0.29) is 5.91 Å². The number of thiophene rings is 1. The van der Waals surface area contributed by atoms with E-state index in [0.717, 1.165) is 10.4 Å². The van der Waals surface area contributed by atoms with Crippen LogP contribution in [0.2, 0.25) is 0 Å². The zero-order chi connectivity index (χ0) is 13.7. The molecule has 19 heavy (non-hydrogen) atoms. The van der Waals surface area contributed by atoms with Gasteiger partial charge in [0, 0.05) is 6.20 Å². The van der Waals surface area contributed by atoms with Gasteiger partial charge < -0.3 is 11.1 Å². The van der Waals surface area contributed by atoms with Crippen molar-refractivity contribution in [3.63, 3.8) is 0 Å². The predicted octanol–water partition coefficient (Wildman–Crippen LogP) is 2.01. The van der Waals surface area contributed by atoms with Gasteiger partial charge in [0.2, 0.25) is 0 Å². The van der Waals surface area contributed by atoms with E-state index in [1.807, 2.05) is 13.0 Å². The molecule has 0 unspecified atom stereocenters. The molecule has 0 aliphatic rings. The van der Waals surface area contributed by atoms with Crippen LogP contribution in [0.5, 0.6) is 0 Å². The number of hydrogen-bond acceptors (Lipinski definition) is 4. The minimum absolute atomic E-state index is 0.151. The van der Waals surface area contributed by atoms with Gasteiger partial charge in [0.1, 0.15) is 0 Å². The van der Waals surface area contributed by atoms with Gasteiger partial charge in [0.05, 0.1) is 28.2 Å². The molecule has 0 fully saturated rings. The lowest BCUT2D eigenvalue weighted by molar-refractivity contribution is 0.103. The van der Waals surface area contributed by atoms with E-state index in [9.17, 15) is 4.79 Å². The summed E-state index contributed by atoms with van der Waals surface area (Å²) in [6.45, 7) is 2.24. The highest BCUT2D eigenvalue weighted by atomic mass is 32.1. The molecule has 1 amide bonds. The van der Waals surface area contributed by atoms with Crippen LogP contribution in [0.15, 0.2) is 30.6 Å². The Morgan fingerprint density at radius 3 is 3.11 bits per heavy atom. The molecule has 0 bridgehead atoms. The second-order valence-electron chi connectivity index (χ2n) is 3.82. The first-order valence-electron chi connectivity index (χ1n) is 5.71. The Morgan fingerprint density at radius 1 is 1.58 bits per heavy atom. The van der Waals surface area contributed by atoms with Gasteiger partial charge in [0.15, 0.2) is 0 Å². The number of carbonyl (C=O) groups is 1. The van der Waals surface area contributed by atoms with Crippen molar-refractivity contribution in [1.29, 1.82) is 0 Å². The summed E-state index contributed by atoms with van der Waals surface area (Å²) in [5.41, 5.74) is 7.00. The third-order valence-corrected chi connectivity index (χ3v) is 3.52. The van der Waals surface area contributed by atoms with Crippen LogP contribution >= 0.6 is 11.3 Å². The Bertz CT molecular complexity index is 638. The Hall–Kier alpha value is -2.16. The van der Waals surface area contributed by atoms with Crippen LogP contribution in [0.1, 0.15) is 20.1 Å². The van der Waals surface area contributed by atoms with Gasteiger partial charge in [-0.15, -0.1) is 11.3 Å². The van der Waals surface area contributed by atoms with Crippen LogP contribution in [0, 0.1) is 18.8 Å². The number of nitrogens with zero attached hydrogens (tertiary/aromatic N) is 1. The van der Waals surface area contributed by atoms with E-state index < -0.39 is 0 Å². The van der Waals surface area contributed by atoms with Gasteiger partial charge in [-0.2, -0.15) is 0 Å². The van der Waals surface area contributed by atoms with Gasteiger partial charge in [-0.1, -0.05) is 11.8 Å². The fourth-order valence-electron chi connectivity index (χ4n) is 1.48. The van der Waals surface area contributed by atoms with Crippen LogP contribution in [0.4, 0.5) is 5.69 Å². The molecule has 0 saturated carbocycles. The van der Waals surface area contributed by atoms with E-state index in [4.69, 9.17) is 5.73 Å². The molecular formula is C14H13N3OS. The summed E-state index contributed by atoms with van der Waals surface area (Å²) in [6.07, 6.45) is 3.26. The lowest BCUT2D eigenvalue weighted by atomic mass is 10.2. The standard InChI is InChI=1S/C14H13N3OS/c1-10-8-13(19-12(10)5-2-6-15)14(18)17-11-4-3-7-16-9-11/h3-4,7-9H,6,15H2,1H3,(H,17,18). The average Bonchev–Trinajstić information content (AvgIpc) is 2.79. The summed E-state index contributed by atoms with van der Waals surface area (Å²) in [5.74, 6) is 5.61. The van der Waals surface area contributed by atoms with E-state index >= 15 is 0 Å². The summed E-state index contributed by atoms with van der Waals surface area (Å²) in [5, 5.41) is 2.79. The minimum Gasteiger partial charge on any atom is -0.320 e. The Morgan fingerprint density at radius 2 is 2.42 bits per heavy atom. The Balaban J connectivity index is 2.16. The van der Waals surface area contributed by atoms with Crippen LogP contribution < -0.4 is 11.1 Å². The number of nitrogens with one attached hydrogen (secondary N) is 1. The lowest BCUT2D eigenvalue weighted by Crippen LogP contribution is -2.10. The number of pyridine rings is 1. The lowest BCUT2D eigenvalue weighted by Gasteiger charge is -2.01. The highest BCUT2D eigenvalue weighted by Crippen LogP contribution is 2.21. The van der Waals surface area contributed by atoms with Crippen LogP contribution in [-0.4, -0.2) is 17.4 Å². The van der Waals surface area contributed by atoms with Gasteiger partial charge >= 0.3 is 0 Å². The predicted molar refractivity (Wildman–Crippen MR) is 77.2 cm³/mol. The molecule has 0 atom stereocenters. The first kappa shape index (κ1) is 13.3. The largest absolute Gasteiger partial charge is 0.320 e. The normalized spacial score (nSPS) is 9.58. The quantitative estimate of drug-likeness (QED) is 0.821. The number of anilines is 1. The maximum atomic E-state index is 12.1. The van der Waals surface area contributed by atoms with Crippen LogP contribution in [0.3, 0.4) is 0 Å². The van der Waals surface area contributed by atoms with E-state index in [2.05, 4.69) is 22.1 Å². The van der Waals surface area contributed by atoms with Crippen molar-refractivity contribution in [2.24, 2.45) is 5.73 Å². The Kier molecular flexibility index (Phi) is 4.29. The monoisotopic (exact) mass is 271 g/mol. The van der Waals surface area contributed by atoms with Crippen LogP contribution in [0.25, 0.3) is 0 Å². The first-order valence-corrected chi connectivity index (χ1v) is 6.53. The van der Waals surface area contributed by atoms with Crippen molar-refractivity contribution in [1.82, 2.24) is 4.98 Å². The molecule has 2 aromatic heterocycles. The van der Waals surface area contributed by atoms with Crippen molar-refractivity contribution in [2.45, 2.75) is 6.92 Å². The van der Waals surface area contributed by atoms with Crippen molar-refractivity contribution < 1.29 is 4.79 Å². The second kappa shape index (κ2) is 6.14. The molecule has 0 spiro atoms. The number of nitrogens with two attached hydrogens (primary N) is 1. The number of amides is 1. The van der Waals surface area contributed by atoms with Gasteiger partial charge in [-0.05, 0) is 30.7 Å². The topological polar surface area (TPSA) is 68.0 Å². The smallest absolute Gasteiger partial charge is 0.265 e. The third-order valence-electron chi connectivity index (χ3n) is 2.36. The summed E-state index contributed by atoms with van der Waals surface area (Å²) in [7, 11) is 0. The van der Waals surface area contributed by atoms with Crippen LogP contribution in [-0.2, 0) is 0 Å². The Labute approximate surface area is 115 Å². The van der Waals surface area contributed by atoms with Gasteiger partial charge in [0.25, 0.3) is 5.91 Å². The summed E-state index contributed by atoms with van der Waals surface area (Å²) in [4.78, 5) is 17.5. The third kappa shape index (κ3) is 3.41. The molecule has 2 heterocycles. The number of carbonyl (C=O) groups excluding carboxylic acids is 1. The molecule has 0 radical (unpaired) electrons. The maximum Gasteiger partial charge on any atom is 0.265 e. The first-order chi connectivity index (χ1) is 9.20. The molecule has 3 N–H and O–H groups in total. The number of aromatic nitrogens is 1. The summed E-state index contributed by atoms with van der Waals surface area (Å²) >= 11 is 1.37. The molecule has 0 saturated heterocycles. The highest BCUT2D eigenvalue weighted by molar-refractivity contribution is 7.14. The SMILES string of the molecule is Cc1cc(C(=O)Nc2cccnc2)sc1C#CCN. The number of hydrogen-bond donors (Lipinski definition) is 2. The number of rotatable bonds is 2. The van der Waals surface area contributed by atoms with Crippen molar-refractivity contribution in [2.75, 3.05) is 11.9 Å². The fraction of sp³-hybridized carbons (Fsp3) is 0.143. The van der Waals surface area contributed by atoms with E-state index in [1.165, 1.54) is 11.3 Å². The molecular weight excluding hydrogens is 258 g/mol. The van der Waals surface area contributed by atoms with E-state index in [0.29, 0.717) is 17.1 Å². The zero-order valence-electron chi connectivity index (χ0n) is 10.4. The molecule has 4 nitrogen and oxygen atoms in total. The molecule has 96 valence electrons. The van der Waals surface area contributed by atoms with Gasteiger partial charge in [-0.3, -0.25) is 9.78 Å². The molecule has 5 heteroatoms. The number of aryl methyl sites for hydroxylation is 1. The molecule has 0 aliphatic heterocycles. The maximum absolute atomic E-state index is 12.1. The fourth-order valence-corrected chi connectivity index (χ4v) is 2.42. The molecule has 0 aromatic carbocycles. The summed E-state index contributed by atoms with van der Waals surface area (Å²) in [6, 6.07) is 5.39. The molecule has 2 rings (SSSR count). The molecule has 0 aliphatic carbocycles. The highest BCUT2D eigenvalue weighted by Gasteiger charge is 2.11. The second-order valence-corrected chi connectivity index (χ2v) is 4.88. The minimum atomic E-state index is -0.151. The van der Waals surface area contributed by atoms with Crippen molar-refractivity contribution in [3.8, 4) is 11.8 Å².